The number of hydrogen-bond donors (Lipinski definition) is 2. The van der Waals surface area contributed by atoms with E-state index in [4.69, 9.17) is 5.11 Å². The molecular weight excluding hydrogens is 174 g/mol. The molecule has 0 radical (unpaired) electrons. The van der Waals surface area contributed by atoms with E-state index in [0.29, 0.717) is 15.6 Å². The maximum absolute atomic E-state index is 11.1. The number of imidazole rings is 1. The fourth-order valence-corrected chi connectivity index (χ4v) is 1.15. The number of aromatic amines is 1. The van der Waals surface area contributed by atoms with Crippen molar-refractivity contribution in [3.63, 3.8) is 0 Å². The third-order valence-corrected chi connectivity index (χ3v) is 1.67. The van der Waals surface area contributed by atoms with Crippen molar-refractivity contribution in [1.29, 1.82) is 0 Å². The predicted molar refractivity (Wildman–Crippen MR) is 43.8 cm³/mol. The van der Waals surface area contributed by atoms with E-state index in [2.05, 4.69) is 9.97 Å². The first-order valence-corrected chi connectivity index (χ1v) is 3.48. The molecule has 2 aromatic heterocycles. The van der Waals surface area contributed by atoms with Crippen molar-refractivity contribution < 1.29 is 9.90 Å². The molecule has 13 heavy (non-hydrogen) atoms. The summed E-state index contributed by atoms with van der Waals surface area (Å²) in [6, 6.07) is 1.46. The zero-order valence-corrected chi connectivity index (χ0v) is 6.39. The molecule has 0 saturated carbocycles. The van der Waals surface area contributed by atoms with Gasteiger partial charge in [0.15, 0.2) is 0 Å². The van der Waals surface area contributed by atoms with Gasteiger partial charge in [-0.15, -0.1) is 0 Å². The molecule has 0 unspecified atom stereocenters. The van der Waals surface area contributed by atoms with Crippen molar-refractivity contribution in [2.45, 2.75) is 0 Å². The molecule has 0 bridgehead atoms. The van der Waals surface area contributed by atoms with Gasteiger partial charge in [-0.25, -0.2) is 9.59 Å². The molecule has 2 aromatic rings. The zero-order chi connectivity index (χ0) is 9.42. The van der Waals surface area contributed by atoms with Gasteiger partial charge in [-0.2, -0.15) is 4.57 Å². The van der Waals surface area contributed by atoms with Gasteiger partial charge in [0.25, 0.3) is 0 Å². The van der Waals surface area contributed by atoms with E-state index in [1.54, 1.807) is 0 Å². The number of rotatable bonds is 0. The third-order valence-electron chi connectivity index (χ3n) is 1.67. The van der Waals surface area contributed by atoms with Gasteiger partial charge in [-0.05, 0) is 6.07 Å². The van der Waals surface area contributed by atoms with Crippen LogP contribution in [0.4, 0.5) is 4.79 Å². The Morgan fingerprint density at radius 3 is 3.08 bits per heavy atom. The van der Waals surface area contributed by atoms with Crippen LogP contribution in [-0.2, 0) is 0 Å². The molecule has 0 aliphatic heterocycles. The Morgan fingerprint density at radius 1 is 1.62 bits per heavy atom. The second-order valence-electron chi connectivity index (χ2n) is 2.44. The van der Waals surface area contributed by atoms with Gasteiger partial charge in [0.05, 0.1) is 17.2 Å². The lowest BCUT2D eigenvalue weighted by Gasteiger charge is -1.92. The van der Waals surface area contributed by atoms with Gasteiger partial charge in [0.1, 0.15) is 0 Å². The van der Waals surface area contributed by atoms with Crippen molar-refractivity contribution in [2.75, 3.05) is 0 Å². The largest absolute Gasteiger partial charge is 0.464 e. The molecule has 2 heterocycles. The van der Waals surface area contributed by atoms with E-state index in [1.807, 2.05) is 0 Å². The van der Waals surface area contributed by atoms with E-state index >= 15 is 0 Å². The fraction of sp³-hybridized carbons (Fsp3) is 0. The topological polar surface area (TPSA) is 88.0 Å². The molecular formula is C7H5N3O3. The number of hydrogen-bond acceptors (Lipinski definition) is 3. The Bertz CT molecular complexity index is 525. The second-order valence-corrected chi connectivity index (χ2v) is 2.44. The first-order chi connectivity index (χ1) is 6.20. The molecule has 6 nitrogen and oxygen atoms in total. The minimum atomic E-state index is -1.30. The standard InChI is InChI=1S/C7H5N3O3/c11-6-9-4-3-8-2-1-5(4)10(6)7(12)13/h1-3H,(H,9,11)(H,12,13). The van der Waals surface area contributed by atoms with Gasteiger partial charge in [-0.3, -0.25) is 4.98 Å². The minimum absolute atomic E-state index is 0.313. The minimum Gasteiger partial charge on any atom is -0.464 e. The number of nitrogens with one attached hydrogen (secondary N) is 1. The SMILES string of the molecule is O=C(O)n1c(=O)[nH]c2cnccc21. The van der Waals surface area contributed by atoms with Crippen LogP contribution in [0, 0.1) is 0 Å². The molecule has 0 aromatic carbocycles. The highest BCUT2D eigenvalue weighted by atomic mass is 16.4. The first kappa shape index (κ1) is 7.53. The molecule has 0 aliphatic rings. The quantitative estimate of drug-likeness (QED) is 0.606. The Labute approximate surface area is 71.5 Å². The summed E-state index contributed by atoms with van der Waals surface area (Å²) in [5.41, 5.74) is 0.0536. The number of aromatic nitrogens is 3. The highest BCUT2D eigenvalue weighted by molar-refractivity contribution is 5.84. The van der Waals surface area contributed by atoms with Gasteiger partial charge in [0, 0.05) is 6.20 Å². The molecule has 0 aliphatic carbocycles. The van der Waals surface area contributed by atoms with Crippen LogP contribution < -0.4 is 5.69 Å². The average Bonchev–Trinajstić information content (AvgIpc) is 2.39. The number of nitrogens with zero attached hydrogens (tertiary/aromatic N) is 2. The van der Waals surface area contributed by atoms with Crippen molar-refractivity contribution in [1.82, 2.24) is 14.5 Å². The summed E-state index contributed by atoms with van der Waals surface area (Å²) < 4.78 is 0.636. The van der Waals surface area contributed by atoms with Gasteiger partial charge in [-0.1, -0.05) is 0 Å². The number of pyridine rings is 1. The first-order valence-electron chi connectivity index (χ1n) is 3.48. The third kappa shape index (κ3) is 0.994. The fourth-order valence-electron chi connectivity index (χ4n) is 1.15. The maximum Gasteiger partial charge on any atom is 0.420 e. The van der Waals surface area contributed by atoms with E-state index in [0.717, 1.165) is 0 Å². The number of H-pyrrole nitrogens is 1. The Kier molecular flexibility index (Phi) is 1.42. The number of fused-ring (bicyclic) bond motifs is 1. The summed E-state index contributed by atoms with van der Waals surface area (Å²) in [7, 11) is 0. The van der Waals surface area contributed by atoms with Crippen LogP contribution in [0.15, 0.2) is 23.3 Å². The lowest BCUT2D eigenvalue weighted by Crippen LogP contribution is -2.22. The monoisotopic (exact) mass is 179 g/mol. The average molecular weight is 179 g/mol. The summed E-state index contributed by atoms with van der Waals surface area (Å²) in [4.78, 5) is 27.8. The molecule has 0 fully saturated rings. The molecule has 66 valence electrons. The Morgan fingerprint density at radius 2 is 2.38 bits per heavy atom. The smallest absolute Gasteiger partial charge is 0.420 e. The molecule has 2 N–H and O–H groups in total. The normalized spacial score (nSPS) is 10.5. The van der Waals surface area contributed by atoms with Crippen molar-refractivity contribution in [2.24, 2.45) is 0 Å². The Hall–Kier alpha value is -2.11. The maximum atomic E-state index is 11.1. The molecule has 2 rings (SSSR count). The molecule has 0 atom stereocenters. The van der Waals surface area contributed by atoms with Gasteiger partial charge in [0.2, 0.25) is 0 Å². The highest BCUT2D eigenvalue weighted by Gasteiger charge is 2.11. The van der Waals surface area contributed by atoms with E-state index in [1.165, 1.54) is 18.5 Å². The van der Waals surface area contributed by atoms with E-state index in [-0.39, 0.29) is 0 Å². The lowest BCUT2D eigenvalue weighted by atomic mass is 10.4. The highest BCUT2D eigenvalue weighted by Crippen LogP contribution is 2.05. The Balaban J connectivity index is 2.95. The predicted octanol–water partition coefficient (Wildman–Crippen LogP) is 0.251. The summed E-state index contributed by atoms with van der Waals surface area (Å²) in [6.45, 7) is 0. The van der Waals surface area contributed by atoms with Crippen LogP contribution in [0.1, 0.15) is 0 Å². The molecule has 0 spiro atoms. The summed E-state index contributed by atoms with van der Waals surface area (Å²) in [5, 5.41) is 8.68. The summed E-state index contributed by atoms with van der Waals surface area (Å²) in [5.74, 6) is 0. The van der Waals surface area contributed by atoms with Crippen LogP contribution in [0.2, 0.25) is 0 Å². The van der Waals surface area contributed by atoms with Crippen molar-refractivity contribution in [3.05, 3.63) is 28.9 Å². The van der Waals surface area contributed by atoms with Crippen LogP contribution >= 0.6 is 0 Å². The second kappa shape index (κ2) is 2.44. The van der Waals surface area contributed by atoms with Crippen molar-refractivity contribution in [3.8, 4) is 0 Å². The lowest BCUT2D eigenvalue weighted by molar-refractivity contribution is 0.196. The number of carbonyl (C=O) groups is 1. The zero-order valence-electron chi connectivity index (χ0n) is 6.39. The number of carboxylic acid groups (broad SMARTS) is 1. The van der Waals surface area contributed by atoms with Crippen LogP contribution in [-0.4, -0.2) is 25.7 Å². The van der Waals surface area contributed by atoms with Crippen LogP contribution in [0.3, 0.4) is 0 Å². The van der Waals surface area contributed by atoms with Gasteiger partial charge >= 0.3 is 11.8 Å². The van der Waals surface area contributed by atoms with E-state index in [9.17, 15) is 9.59 Å². The summed E-state index contributed by atoms with van der Waals surface area (Å²) in [6.07, 6.45) is 1.52. The summed E-state index contributed by atoms with van der Waals surface area (Å²) >= 11 is 0. The van der Waals surface area contributed by atoms with Crippen LogP contribution in [0.25, 0.3) is 11.0 Å². The molecule has 0 saturated heterocycles. The molecule has 6 heteroatoms. The van der Waals surface area contributed by atoms with Crippen molar-refractivity contribution >= 4 is 17.1 Å². The van der Waals surface area contributed by atoms with Gasteiger partial charge < -0.3 is 10.1 Å². The van der Waals surface area contributed by atoms with Crippen LogP contribution in [0.5, 0.6) is 0 Å². The van der Waals surface area contributed by atoms with E-state index < -0.39 is 11.8 Å². The molecule has 0 amide bonds.